The standard InChI is InChI=1S/C21H19BrF2N4/c1-27-14-26-12-18(27)13-28(8-2-3-15-4-6-17(22)7-5-15)21-19(23)9-16(11-25)10-20(21)24/h4-7,9-10,12,14H,2-3,8,13H2,1H3. The number of hydrogen-bond donors (Lipinski definition) is 0. The van der Waals surface area contributed by atoms with Crippen molar-refractivity contribution in [2.24, 2.45) is 7.05 Å². The lowest BCUT2D eigenvalue weighted by molar-refractivity contribution is 0.562. The van der Waals surface area contributed by atoms with Gasteiger partial charge in [-0.3, -0.25) is 0 Å². The van der Waals surface area contributed by atoms with Gasteiger partial charge in [0.15, 0.2) is 11.6 Å². The van der Waals surface area contributed by atoms with E-state index in [1.807, 2.05) is 35.9 Å². The van der Waals surface area contributed by atoms with Crippen LogP contribution in [0.15, 0.2) is 53.4 Å². The highest BCUT2D eigenvalue weighted by Crippen LogP contribution is 2.27. The minimum absolute atomic E-state index is 0.0332. The van der Waals surface area contributed by atoms with Gasteiger partial charge >= 0.3 is 0 Å². The molecule has 4 nitrogen and oxygen atoms in total. The van der Waals surface area contributed by atoms with Crippen LogP contribution in [0.1, 0.15) is 23.2 Å². The summed E-state index contributed by atoms with van der Waals surface area (Å²) < 4.78 is 32.1. The van der Waals surface area contributed by atoms with Gasteiger partial charge in [-0.25, -0.2) is 13.8 Å². The molecular weight excluding hydrogens is 426 g/mol. The smallest absolute Gasteiger partial charge is 0.150 e. The van der Waals surface area contributed by atoms with Gasteiger partial charge in [0, 0.05) is 24.3 Å². The first-order chi connectivity index (χ1) is 13.5. The molecule has 0 bridgehead atoms. The summed E-state index contributed by atoms with van der Waals surface area (Å²) in [6.07, 6.45) is 4.84. The molecule has 3 aromatic rings. The van der Waals surface area contributed by atoms with Crippen molar-refractivity contribution in [2.75, 3.05) is 11.4 Å². The van der Waals surface area contributed by atoms with Crippen LogP contribution in [0, 0.1) is 23.0 Å². The first-order valence-electron chi connectivity index (χ1n) is 8.81. The number of benzene rings is 2. The van der Waals surface area contributed by atoms with E-state index in [1.54, 1.807) is 23.5 Å². The molecular formula is C21H19BrF2N4. The lowest BCUT2D eigenvalue weighted by Crippen LogP contribution is -2.27. The minimum atomic E-state index is -0.734. The monoisotopic (exact) mass is 444 g/mol. The Bertz CT molecular complexity index is 969. The van der Waals surface area contributed by atoms with E-state index in [2.05, 4.69) is 20.9 Å². The van der Waals surface area contributed by atoms with Crippen LogP contribution in [0.25, 0.3) is 0 Å². The highest BCUT2D eigenvalue weighted by Gasteiger charge is 2.19. The molecule has 0 N–H and O–H groups in total. The highest BCUT2D eigenvalue weighted by atomic mass is 79.9. The van der Waals surface area contributed by atoms with Crippen molar-refractivity contribution in [1.82, 2.24) is 9.55 Å². The van der Waals surface area contributed by atoms with Gasteiger partial charge in [-0.15, -0.1) is 0 Å². The molecule has 0 amide bonds. The van der Waals surface area contributed by atoms with Gasteiger partial charge in [0.2, 0.25) is 0 Å². The average Bonchev–Trinajstić information content (AvgIpc) is 3.07. The Hall–Kier alpha value is -2.72. The van der Waals surface area contributed by atoms with Crippen LogP contribution in [0.5, 0.6) is 0 Å². The van der Waals surface area contributed by atoms with E-state index in [9.17, 15) is 8.78 Å². The Balaban J connectivity index is 1.82. The number of hydrogen-bond acceptors (Lipinski definition) is 3. The summed E-state index contributed by atoms with van der Waals surface area (Å²) in [4.78, 5) is 5.75. The third-order valence-electron chi connectivity index (χ3n) is 4.54. The van der Waals surface area contributed by atoms with Gasteiger partial charge in [0.25, 0.3) is 0 Å². The molecule has 144 valence electrons. The van der Waals surface area contributed by atoms with E-state index in [4.69, 9.17) is 5.26 Å². The number of aromatic nitrogens is 2. The summed E-state index contributed by atoms with van der Waals surface area (Å²) in [6, 6.07) is 11.9. The second kappa shape index (κ2) is 8.98. The van der Waals surface area contributed by atoms with E-state index in [1.165, 1.54) is 0 Å². The largest absolute Gasteiger partial charge is 0.361 e. The molecule has 3 rings (SSSR count). The van der Waals surface area contributed by atoms with E-state index in [0.717, 1.165) is 40.7 Å². The fourth-order valence-electron chi connectivity index (χ4n) is 3.06. The second-order valence-electron chi connectivity index (χ2n) is 6.55. The number of nitriles is 1. The Kier molecular flexibility index (Phi) is 6.42. The SMILES string of the molecule is Cn1cncc1CN(CCCc1ccc(Br)cc1)c1c(F)cc(C#N)cc1F. The average molecular weight is 445 g/mol. The predicted octanol–water partition coefficient (Wildman–Crippen LogP) is 4.97. The van der Waals surface area contributed by atoms with Crippen LogP contribution < -0.4 is 4.90 Å². The van der Waals surface area contributed by atoms with Gasteiger partial charge in [-0.05, 0) is 42.7 Å². The molecule has 0 fully saturated rings. The molecule has 0 saturated heterocycles. The zero-order chi connectivity index (χ0) is 20.1. The summed E-state index contributed by atoms with van der Waals surface area (Å²) in [5.41, 5.74) is 1.85. The van der Waals surface area contributed by atoms with Crippen molar-refractivity contribution >= 4 is 21.6 Å². The third kappa shape index (κ3) is 4.76. The maximum Gasteiger partial charge on any atom is 0.150 e. The van der Waals surface area contributed by atoms with E-state index >= 15 is 0 Å². The number of aryl methyl sites for hydroxylation is 2. The molecule has 1 heterocycles. The molecule has 0 spiro atoms. The van der Waals surface area contributed by atoms with E-state index in [-0.39, 0.29) is 11.3 Å². The molecule has 0 aliphatic carbocycles. The molecule has 0 unspecified atom stereocenters. The van der Waals surface area contributed by atoms with Crippen LogP contribution >= 0.6 is 15.9 Å². The molecule has 0 radical (unpaired) electrons. The lowest BCUT2D eigenvalue weighted by atomic mass is 10.1. The normalized spacial score (nSPS) is 10.7. The molecule has 0 atom stereocenters. The maximum atomic E-state index is 14.6. The summed E-state index contributed by atoms with van der Waals surface area (Å²) in [5, 5.41) is 8.93. The number of anilines is 1. The predicted molar refractivity (Wildman–Crippen MR) is 108 cm³/mol. The first-order valence-corrected chi connectivity index (χ1v) is 9.61. The zero-order valence-corrected chi connectivity index (χ0v) is 17.0. The fraction of sp³-hybridized carbons (Fsp3) is 0.238. The Morgan fingerprint density at radius 1 is 1.18 bits per heavy atom. The topological polar surface area (TPSA) is 44.9 Å². The molecule has 2 aromatic carbocycles. The van der Waals surface area contributed by atoms with Crippen molar-refractivity contribution in [3.8, 4) is 6.07 Å². The number of nitrogens with zero attached hydrogens (tertiary/aromatic N) is 4. The van der Waals surface area contributed by atoms with Crippen LogP contribution in [-0.4, -0.2) is 16.1 Å². The van der Waals surface area contributed by atoms with Crippen LogP contribution in [0.3, 0.4) is 0 Å². The van der Waals surface area contributed by atoms with Gasteiger partial charge in [0.1, 0.15) is 5.69 Å². The van der Waals surface area contributed by atoms with E-state index < -0.39 is 11.6 Å². The molecule has 0 saturated carbocycles. The Morgan fingerprint density at radius 3 is 2.43 bits per heavy atom. The summed E-state index contributed by atoms with van der Waals surface area (Å²) in [7, 11) is 1.84. The minimum Gasteiger partial charge on any atom is -0.361 e. The summed E-state index contributed by atoms with van der Waals surface area (Å²) >= 11 is 3.41. The van der Waals surface area contributed by atoms with Crippen molar-refractivity contribution in [1.29, 1.82) is 5.26 Å². The van der Waals surface area contributed by atoms with Crippen LogP contribution in [0.2, 0.25) is 0 Å². The quantitative estimate of drug-likeness (QED) is 0.516. The van der Waals surface area contributed by atoms with Gasteiger partial charge in [0.05, 0.1) is 30.2 Å². The maximum absolute atomic E-state index is 14.6. The first kappa shape index (κ1) is 20.0. The zero-order valence-electron chi connectivity index (χ0n) is 15.4. The van der Waals surface area contributed by atoms with Crippen molar-refractivity contribution in [3.05, 3.63) is 81.9 Å². The van der Waals surface area contributed by atoms with Crippen molar-refractivity contribution in [2.45, 2.75) is 19.4 Å². The molecule has 0 aliphatic heterocycles. The number of imidazole rings is 1. The van der Waals surface area contributed by atoms with Crippen LogP contribution in [0.4, 0.5) is 14.5 Å². The van der Waals surface area contributed by atoms with Gasteiger partial charge < -0.3 is 9.47 Å². The van der Waals surface area contributed by atoms with Crippen molar-refractivity contribution in [3.63, 3.8) is 0 Å². The van der Waals surface area contributed by atoms with Crippen LogP contribution in [-0.2, 0) is 20.0 Å². The van der Waals surface area contributed by atoms with Crippen molar-refractivity contribution < 1.29 is 8.78 Å². The lowest BCUT2D eigenvalue weighted by Gasteiger charge is -2.26. The highest BCUT2D eigenvalue weighted by molar-refractivity contribution is 9.10. The fourth-order valence-corrected chi connectivity index (χ4v) is 3.32. The second-order valence-corrected chi connectivity index (χ2v) is 7.46. The molecule has 7 heteroatoms. The van der Waals surface area contributed by atoms with E-state index in [0.29, 0.717) is 13.1 Å². The summed E-state index contributed by atoms with van der Waals surface area (Å²) in [5.74, 6) is -1.47. The Morgan fingerprint density at radius 2 is 1.86 bits per heavy atom. The molecule has 0 aliphatic rings. The van der Waals surface area contributed by atoms with Gasteiger partial charge in [-0.2, -0.15) is 5.26 Å². The van der Waals surface area contributed by atoms with Gasteiger partial charge in [-0.1, -0.05) is 28.1 Å². The third-order valence-corrected chi connectivity index (χ3v) is 5.07. The number of rotatable bonds is 7. The summed E-state index contributed by atoms with van der Waals surface area (Å²) in [6.45, 7) is 0.775. The molecule has 28 heavy (non-hydrogen) atoms. The Labute approximate surface area is 171 Å². The molecule has 1 aromatic heterocycles. The number of halogens is 3.